The van der Waals surface area contributed by atoms with E-state index in [-0.39, 0.29) is 11.5 Å². The van der Waals surface area contributed by atoms with E-state index >= 15 is 0 Å². The fourth-order valence-electron chi connectivity index (χ4n) is 2.23. The molecule has 0 unspecified atom stereocenters. The first kappa shape index (κ1) is 19.8. The third kappa shape index (κ3) is 5.77. The average Bonchev–Trinajstić information content (AvgIpc) is 2.68. The SMILES string of the molecule is C/C=C\C=C/C/C(NCc1ccccc1F)=C(\Br)C(=N)c1ccccn1. The summed E-state index contributed by atoms with van der Waals surface area (Å²) in [6.07, 6.45) is 10.0. The number of benzene rings is 1. The smallest absolute Gasteiger partial charge is 0.128 e. The summed E-state index contributed by atoms with van der Waals surface area (Å²) in [5.41, 5.74) is 2.22. The Morgan fingerprint density at radius 1 is 1.19 bits per heavy atom. The van der Waals surface area contributed by atoms with Gasteiger partial charge < -0.3 is 5.32 Å². The van der Waals surface area contributed by atoms with Crippen LogP contribution in [-0.4, -0.2) is 10.7 Å². The molecule has 1 heterocycles. The molecule has 134 valence electrons. The van der Waals surface area contributed by atoms with Crippen molar-refractivity contribution in [2.24, 2.45) is 0 Å². The van der Waals surface area contributed by atoms with Crippen molar-refractivity contribution < 1.29 is 4.39 Å². The number of allylic oxidation sites excluding steroid dienone is 5. The van der Waals surface area contributed by atoms with Crippen molar-refractivity contribution in [3.05, 3.63) is 100 Å². The van der Waals surface area contributed by atoms with Crippen molar-refractivity contribution in [1.29, 1.82) is 5.41 Å². The summed E-state index contributed by atoms with van der Waals surface area (Å²) < 4.78 is 14.5. The van der Waals surface area contributed by atoms with Crippen molar-refractivity contribution in [3.8, 4) is 0 Å². The Morgan fingerprint density at radius 2 is 1.96 bits per heavy atom. The number of aromatic nitrogens is 1. The van der Waals surface area contributed by atoms with Crippen LogP contribution in [0, 0.1) is 11.2 Å². The van der Waals surface area contributed by atoms with Gasteiger partial charge in [-0.2, -0.15) is 0 Å². The molecule has 0 amide bonds. The zero-order chi connectivity index (χ0) is 18.8. The van der Waals surface area contributed by atoms with Crippen molar-refractivity contribution in [1.82, 2.24) is 10.3 Å². The lowest BCUT2D eigenvalue weighted by atomic mass is 10.1. The van der Waals surface area contributed by atoms with E-state index < -0.39 is 0 Å². The molecular weight excluding hydrogens is 393 g/mol. The molecule has 0 atom stereocenters. The van der Waals surface area contributed by atoms with E-state index in [1.54, 1.807) is 30.5 Å². The van der Waals surface area contributed by atoms with Crippen LogP contribution < -0.4 is 5.32 Å². The molecule has 2 N–H and O–H groups in total. The molecule has 2 aromatic rings. The number of nitrogens with one attached hydrogen (secondary N) is 2. The molecule has 26 heavy (non-hydrogen) atoms. The summed E-state index contributed by atoms with van der Waals surface area (Å²) in [6.45, 7) is 2.29. The molecule has 0 aliphatic rings. The van der Waals surface area contributed by atoms with Gasteiger partial charge in [0.25, 0.3) is 0 Å². The van der Waals surface area contributed by atoms with Crippen LogP contribution in [0.3, 0.4) is 0 Å². The van der Waals surface area contributed by atoms with E-state index in [1.165, 1.54) is 6.07 Å². The van der Waals surface area contributed by atoms with Gasteiger partial charge in [0.1, 0.15) is 5.82 Å². The Morgan fingerprint density at radius 3 is 2.65 bits per heavy atom. The van der Waals surface area contributed by atoms with E-state index in [9.17, 15) is 4.39 Å². The van der Waals surface area contributed by atoms with Crippen LogP contribution in [0.2, 0.25) is 0 Å². The number of halogens is 2. The number of rotatable bonds is 8. The third-order valence-electron chi connectivity index (χ3n) is 3.62. The molecule has 2 rings (SSSR count). The van der Waals surface area contributed by atoms with Gasteiger partial charge >= 0.3 is 0 Å². The summed E-state index contributed by atoms with van der Waals surface area (Å²) >= 11 is 3.51. The van der Waals surface area contributed by atoms with Crippen molar-refractivity contribution in [3.63, 3.8) is 0 Å². The summed E-state index contributed by atoms with van der Waals surface area (Å²) in [5, 5.41) is 11.6. The van der Waals surface area contributed by atoms with E-state index in [4.69, 9.17) is 5.41 Å². The maximum absolute atomic E-state index is 13.9. The van der Waals surface area contributed by atoms with Gasteiger partial charge in [-0.05, 0) is 41.1 Å². The van der Waals surface area contributed by atoms with Crippen LogP contribution in [0.4, 0.5) is 4.39 Å². The molecule has 0 fully saturated rings. The summed E-state index contributed by atoms with van der Waals surface area (Å²) in [4.78, 5) is 4.22. The van der Waals surface area contributed by atoms with Crippen LogP contribution in [-0.2, 0) is 6.54 Å². The monoisotopic (exact) mass is 413 g/mol. The van der Waals surface area contributed by atoms with Gasteiger partial charge in [0, 0.05) is 30.4 Å². The Kier molecular flexibility index (Phi) is 7.96. The number of pyridine rings is 1. The zero-order valence-corrected chi connectivity index (χ0v) is 16.1. The highest BCUT2D eigenvalue weighted by Crippen LogP contribution is 2.19. The lowest BCUT2D eigenvalue weighted by Gasteiger charge is -2.14. The van der Waals surface area contributed by atoms with Gasteiger partial charge in [0.15, 0.2) is 0 Å². The van der Waals surface area contributed by atoms with E-state index in [0.717, 1.165) is 5.70 Å². The standard InChI is InChI=1S/C21H21BrFN3/c1-2-3-4-5-12-18(26-15-16-10-6-7-11-17(16)23)20(22)21(24)19-13-8-9-14-25-19/h2-11,13-14,24,26H,12,15H2,1H3/b3-2-,5-4-,20-18+,24-21?. The molecule has 3 nitrogen and oxygen atoms in total. The van der Waals surface area contributed by atoms with E-state index in [0.29, 0.717) is 28.7 Å². The molecule has 0 bridgehead atoms. The molecule has 0 saturated carbocycles. The van der Waals surface area contributed by atoms with Gasteiger partial charge in [-0.3, -0.25) is 10.4 Å². The molecule has 0 spiro atoms. The predicted molar refractivity (Wildman–Crippen MR) is 109 cm³/mol. The average molecular weight is 414 g/mol. The fraction of sp³-hybridized carbons (Fsp3) is 0.143. The Hall–Kier alpha value is -2.53. The second-order valence-electron chi connectivity index (χ2n) is 5.49. The summed E-state index contributed by atoms with van der Waals surface area (Å²) in [5.74, 6) is -0.250. The van der Waals surface area contributed by atoms with Gasteiger partial charge in [-0.15, -0.1) is 0 Å². The van der Waals surface area contributed by atoms with E-state index in [2.05, 4.69) is 26.2 Å². The lowest BCUT2D eigenvalue weighted by Crippen LogP contribution is -2.17. The van der Waals surface area contributed by atoms with Crippen molar-refractivity contribution in [2.75, 3.05) is 0 Å². The minimum absolute atomic E-state index is 0.250. The second kappa shape index (κ2) is 10.5. The quantitative estimate of drug-likeness (QED) is 0.442. The first-order chi connectivity index (χ1) is 12.6. The second-order valence-corrected chi connectivity index (χ2v) is 6.28. The molecule has 1 aromatic carbocycles. The molecular formula is C21H21BrFN3. The minimum Gasteiger partial charge on any atom is -0.383 e. The minimum atomic E-state index is -0.250. The highest BCUT2D eigenvalue weighted by atomic mass is 79.9. The normalized spacial score (nSPS) is 12.4. The van der Waals surface area contributed by atoms with Gasteiger partial charge in [-0.25, -0.2) is 4.39 Å². The zero-order valence-electron chi connectivity index (χ0n) is 14.5. The van der Waals surface area contributed by atoms with Gasteiger partial charge in [0.2, 0.25) is 0 Å². The predicted octanol–water partition coefficient (Wildman–Crippen LogP) is 5.51. The van der Waals surface area contributed by atoms with Crippen molar-refractivity contribution >= 4 is 21.6 Å². The maximum Gasteiger partial charge on any atom is 0.128 e. The number of hydrogen-bond acceptors (Lipinski definition) is 3. The van der Waals surface area contributed by atoms with Crippen molar-refractivity contribution in [2.45, 2.75) is 19.9 Å². The number of nitrogens with zero attached hydrogens (tertiary/aromatic N) is 1. The molecule has 5 heteroatoms. The molecule has 0 saturated heterocycles. The highest BCUT2D eigenvalue weighted by Gasteiger charge is 2.12. The molecule has 1 aromatic heterocycles. The molecule has 0 radical (unpaired) electrons. The number of hydrogen-bond donors (Lipinski definition) is 2. The maximum atomic E-state index is 13.9. The van der Waals surface area contributed by atoms with Crippen LogP contribution in [0.1, 0.15) is 24.6 Å². The van der Waals surface area contributed by atoms with E-state index in [1.807, 2.05) is 43.4 Å². The summed E-state index contributed by atoms with van der Waals surface area (Å²) in [7, 11) is 0. The van der Waals surface area contributed by atoms with Gasteiger partial charge in [0.05, 0.1) is 15.9 Å². The lowest BCUT2D eigenvalue weighted by molar-refractivity contribution is 0.600. The van der Waals surface area contributed by atoms with Gasteiger partial charge in [-0.1, -0.05) is 48.6 Å². The van der Waals surface area contributed by atoms with Crippen LogP contribution in [0.15, 0.2) is 83.1 Å². The highest BCUT2D eigenvalue weighted by molar-refractivity contribution is 9.12. The van der Waals surface area contributed by atoms with Crippen LogP contribution in [0.25, 0.3) is 0 Å². The Bertz CT molecular complexity index is 826. The van der Waals surface area contributed by atoms with Crippen LogP contribution in [0.5, 0.6) is 0 Å². The fourth-order valence-corrected chi connectivity index (χ4v) is 2.74. The largest absolute Gasteiger partial charge is 0.383 e. The molecule has 0 aliphatic carbocycles. The topological polar surface area (TPSA) is 48.8 Å². The Balaban J connectivity index is 2.24. The first-order valence-corrected chi connectivity index (χ1v) is 9.07. The Labute approximate surface area is 162 Å². The third-order valence-corrected chi connectivity index (χ3v) is 4.49. The summed E-state index contributed by atoms with van der Waals surface area (Å²) in [6, 6.07) is 12.1. The molecule has 0 aliphatic heterocycles. The first-order valence-electron chi connectivity index (χ1n) is 8.27. The van der Waals surface area contributed by atoms with Crippen LogP contribution >= 0.6 is 15.9 Å².